The lowest BCUT2D eigenvalue weighted by atomic mass is 10.4. The average Bonchev–Trinajstić information content (AvgIpc) is 1.87. The molecule has 0 amide bonds. The van der Waals surface area contributed by atoms with Crippen LogP contribution >= 0.6 is 23.2 Å². The van der Waals surface area contributed by atoms with Gasteiger partial charge in [0, 0.05) is 0 Å². The molecular formula is C7H8Cl2. The van der Waals surface area contributed by atoms with E-state index in [4.69, 9.17) is 23.2 Å². The number of allylic oxidation sites excluding steroid dienone is 5. The van der Waals surface area contributed by atoms with Crippen molar-refractivity contribution in [3.63, 3.8) is 0 Å². The summed E-state index contributed by atoms with van der Waals surface area (Å²) in [5, 5.41) is 1.00. The van der Waals surface area contributed by atoms with Crippen LogP contribution in [-0.4, -0.2) is 0 Å². The smallest absolute Gasteiger partial charge is 0.0588 e. The van der Waals surface area contributed by atoms with E-state index in [1.807, 2.05) is 13.0 Å². The molecule has 0 aliphatic heterocycles. The van der Waals surface area contributed by atoms with Crippen molar-refractivity contribution in [2.75, 3.05) is 0 Å². The molecular weight excluding hydrogens is 155 g/mol. The Hall–Kier alpha value is -0.200. The van der Waals surface area contributed by atoms with Gasteiger partial charge in [0.25, 0.3) is 0 Å². The van der Waals surface area contributed by atoms with Gasteiger partial charge in [-0.15, -0.1) is 0 Å². The zero-order valence-corrected chi connectivity index (χ0v) is 6.71. The van der Waals surface area contributed by atoms with Gasteiger partial charge in [0.1, 0.15) is 0 Å². The molecule has 0 N–H and O–H groups in total. The lowest BCUT2D eigenvalue weighted by molar-refractivity contribution is 1.69. The van der Waals surface area contributed by atoms with Crippen LogP contribution in [0.15, 0.2) is 34.9 Å². The van der Waals surface area contributed by atoms with Gasteiger partial charge in [-0.25, -0.2) is 0 Å². The fraction of sp³-hybridized carbons (Fsp3) is 0.143. The molecule has 2 heteroatoms. The first-order valence-corrected chi connectivity index (χ1v) is 3.28. The Labute approximate surface area is 65.5 Å². The maximum absolute atomic E-state index is 5.62. The van der Waals surface area contributed by atoms with E-state index in [9.17, 15) is 0 Å². The van der Waals surface area contributed by atoms with Crippen molar-refractivity contribution in [2.45, 2.75) is 6.92 Å². The SMILES string of the molecule is C=C/C(Cl)=C(Cl)\C=C\C. The molecule has 9 heavy (non-hydrogen) atoms. The van der Waals surface area contributed by atoms with Crippen LogP contribution in [0.3, 0.4) is 0 Å². The molecule has 0 saturated carbocycles. The van der Waals surface area contributed by atoms with Gasteiger partial charge in [-0.1, -0.05) is 35.9 Å². The minimum atomic E-state index is 0.481. The first kappa shape index (κ1) is 8.80. The second-order valence-electron chi connectivity index (χ2n) is 1.40. The number of hydrogen-bond donors (Lipinski definition) is 0. The zero-order chi connectivity index (χ0) is 7.28. The summed E-state index contributed by atoms with van der Waals surface area (Å²) in [4.78, 5) is 0. The summed E-state index contributed by atoms with van der Waals surface area (Å²) < 4.78 is 0. The van der Waals surface area contributed by atoms with E-state index in [0.29, 0.717) is 10.1 Å². The number of halogens is 2. The van der Waals surface area contributed by atoms with Crippen molar-refractivity contribution in [1.82, 2.24) is 0 Å². The van der Waals surface area contributed by atoms with Crippen molar-refractivity contribution in [3.05, 3.63) is 34.9 Å². The summed E-state index contributed by atoms with van der Waals surface area (Å²) in [5.41, 5.74) is 0. The first-order valence-electron chi connectivity index (χ1n) is 2.52. The maximum Gasteiger partial charge on any atom is 0.0588 e. The molecule has 0 spiro atoms. The molecule has 0 aromatic rings. The topological polar surface area (TPSA) is 0 Å². The third kappa shape index (κ3) is 3.39. The van der Waals surface area contributed by atoms with Crippen molar-refractivity contribution < 1.29 is 0 Å². The van der Waals surface area contributed by atoms with Crippen LogP contribution in [0.25, 0.3) is 0 Å². The molecule has 0 aliphatic carbocycles. The molecule has 0 atom stereocenters. The normalized spacial score (nSPS) is 13.7. The molecule has 0 bridgehead atoms. The van der Waals surface area contributed by atoms with E-state index < -0.39 is 0 Å². The first-order chi connectivity index (χ1) is 4.22. The Balaban J connectivity index is 4.27. The van der Waals surface area contributed by atoms with Gasteiger partial charge in [-0.3, -0.25) is 0 Å². The van der Waals surface area contributed by atoms with E-state index in [1.54, 1.807) is 6.08 Å². The van der Waals surface area contributed by atoms with Crippen LogP contribution in [0, 0.1) is 0 Å². The molecule has 50 valence electrons. The highest BCUT2D eigenvalue weighted by Crippen LogP contribution is 2.15. The fourth-order valence-electron chi connectivity index (χ4n) is 0.323. The van der Waals surface area contributed by atoms with Gasteiger partial charge in [0.2, 0.25) is 0 Å². The summed E-state index contributed by atoms with van der Waals surface area (Å²) >= 11 is 11.2. The van der Waals surface area contributed by atoms with Gasteiger partial charge in [0.05, 0.1) is 10.1 Å². The third-order valence-electron chi connectivity index (χ3n) is 0.720. The minimum absolute atomic E-state index is 0.481. The maximum atomic E-state index is 5.62. The number of hydrogen-bond acceptors (Lipinski definition) is 0. The Kier molecular flexibility index (Phi) is 4.55. The summed E-state index contributed by atoms with van der Waals surface area (Å²) in [6.07, 6.45) is 5.03. The lowest BCUT2D eigenvalue weighted by Crippen LogP contribution is -1.66. The monoisotopic (exact) mass is 162 g/mol. The van der Waals surface area contributed by atoms with E-state index in [1.165, 1.54) is 6.08 Å². The Morgan fingerprint density at radius 2 is 1.89 bits per heavy atom. The second-order valence-corrected chi connectivity index (χ2v) is 2.21. The van der Waals surface area contributed by atoms with E-state index in [-0.39, 0.29) is 0 Å². The average molecular weight is 163 g/mol. The van der Waals surface area contributed by atoms with Gasteiger partial charge >= 0.3 is 0 Å². The summed E-state index contributed by atoms with van der Waals surface area (Å²) in [6, 6.07) is 0. The predicted molar refractivity (Wildman–Crippen MR) is 43.7 cm³/mol. The van der Waals surface area contributed by atoms with E-state index in [2.05, 4.69) is 6.58 Å². The summed E-state index contributed by atoms with van der Waals surface area (Å²) in [5.74, 6) is 0. The molecule has 0 heterocycles. The highest BCUT2D eigenvalue weighted by atomic mass is 35.5. The Morgan fingerprint density at radius 3 is 2.22 bits per heavy atom. The van der Waals surface area contributed by atoms with Crippen molar-refractivity contribution in [1.29, 1.82) is 0 Å². The van der Waals surface area contributed by atoms with E-state index in [0.717, 1.165) is 0 Å². The molecule has 0 fully saturated rings. The number of rotatable bonds is 2. The quantitative estimate of drug-likeness (QED) is 0.547. The van der Waals surface area contributed by atoms with Crippen molar-refractivity contribution >= 4 is 23.2 Å². The largest absolute Gasteiger partial charge is 0.0975 e. The third-order valence-corrected chi connectivity index (χ3v) is 1.50. The standard InChI is InChI=1S/C7H8Cl2/c1-3-5-7(9)6(8)4-2/h3-5H,2H2,1H3/b5-3+,7-6-. The predicted octanol–water partition coefficient (Wildman–Crippen LogP) is 3.44. The van der Waals surface area contributed by atoms with Crippen LogP contribution < -0.4 is 0 Å². The molecule has 0 aromatic heterocycles. The van der Waals surface area contributed by atoms with E-state index >= 15 is 0 Å². The van der Waals surface area contributed by atoms with Crippen LogP contribution in [0.4, 0.5) is 0 Å². The molecule has 0 aromatic carbocycles. The van der Waals surface area contributed by atoms with Crippen molar-refractivity contribution in [3.8, 4) is 0 Å². The van der Waals surface area contributed by atoms with Gasteiger partial charge in [-0.2, -0.15) is 0 Å². The van der Waals surface area contributed by atoms with Crippen LogP contribution in [-0.2, 0) is 0 Å². The van der Waals surface area contributed by atoms with Crippen LogP contribution in [0.5, 0.6) is 0 Å². The molecule has 0 unspecified atom stereocenters. The fourth-order valence-corrected chi connectivity index (χ4v) is 0.590. The highest BCUT2D eigenvalue weighted by molar-refractivity contribution is 6.41. The second kappa shape index (κ2) is 4.66. The lowest BCUT2D eigenvalue weighted by Gasteiger charge is -1.88. The van der Waals surface area contributed by atoms with Crippen LogP contribution in [0.1, 0.15) is 6.92 Å². The highest BCUT2D eigenvalue weighted by Gasteiger charge is 1.89. The molecule has 0 radical (unpaired) electrons. The molecule has 0 saturated heterocycles. The molecule has 0 rings (SSSR count). The zero-order valence-electron chi connectivity index (χ0n) is 5.20. The summed E-state index contributed by atoms with van der Waals surface area (Å²) in [7, 11) is 0. The summed E-state index contributed by atoms with van der Waals surface area (Å²) in [6.45, 7) is 5.33. The van der Waals surface area contributed by atoms with Gasteiger partial charge in [-0.05, 0) is 19.1 Å². The molecule has 0 aliphatic rings. The molecule has 0 nitrogen and oxygen atoms in total. The van der Waals surface area contributed by atoms with Crippen LogP contribution in [0.2, 0.25) is 0 Å². The minimum Gasteiger partial charge on any atom is -0.0975 e. The van der Waals surface area contributed by atoms with Gasteiger partial charge in [0.15, 0.2) is 0 Å². The van der Waals surface area contributed by atoms with Crippen molar-refractivity contribution in [2.24, 2.45) is 0 Å². The van der Waals surface area contributed by atoms with Gasteiger partial charge < -0.3 is 0 Å². The Morgan fingerprint density at radius 1 is 1.33 bits per heavy atom. The Bertz CT molecular complexity index is 154.